The average molecular weight is 349 g/mol. The Morgan fingerprint density at radius 1 is 1.09 bits per heavy atom. The summed E-state index contributed by atoms with van der Waals surface area (Å²) in [6.45, 7) is 0. The van der Waals surface area contributed by atoms with Gasteiger partial charge in [-0.1, -0.05) is 47.5 Å². The molecule has 0 bridgehead atoms. The molecular formula is C16H10Cl2N2OS. The molecule has 1 fully saturated rings. The molecule has 0 radical (unpaired) electrons. The summed E-state index contributed by atoms with van der Waals surface area (Å²) >= 11 is 13.3. The summed E-state index contributed by atoms with van der Waals surface area (Å²) in [6, 6.07) is 14.5. The second-order valence-corrected chi connectivity index (χ2v) is 6.36. The van der Waals surface area contributed by atoms with Crippen LogP contribution >= 0.6 is 35.0 Å². The van der Waals surface area contributed by atoms with E-state index in [1.54, 1.807) is 30.3 Å². The molecule has 0 aliphatic carbocycles. The molecular weight excluding hydrogens is 339 g/mol. The number of aliphatic imine (C=N–C) groups is 1. The van der Waals surface area contributed by atoms with Crippen LogP contribution in [0.3, 0.4) is 0 Å². The Morgan fingerprint density at radius 3 is 2.68 bits per heavy atom. The zero-order valence-corrected chi connectivity index (χ0v) is 13.5. The topological polar surface area (TPSA) is 41.5 Å². The minimum atomic E-state index is -0.184. The highest BCUT2D eigenvalue weighted by molar-refractivity contribution is 8.18. The van der Waals surface area contributed by atoms with E-state index in [1.807, 2.05) is 24.3 Å². The summed E-state index contributed by atoms with van der Waals surface area (Å²) in [7, 11) is 0. The van der Waals surface area contributed by atoms with Gasteiger partial charge in [0.25, 0.3) is 5.91 Å². The summed E-state index contributed by atoms with van der Waals surface area (Å²) in [4.78, 5) is 16.9. The van der Waals surface area contributed by atoms with Gasteiger partial charge in [0.15, 0.2) is 5.17 Å². The first-order valence-corrected chi connectivity index (χ1v) is 7.99. The Bertz CT molecular complexity index is 802. The van der Waals surface area contributed by atoms with Crippen molar-refractivity contribution in [2.45, 2.75) is 0 Å². The van der Waals surface area contributed by atoms with Crippen LogP contribution in [0.15, 0.2) is 58.4 Å². The van der Waals surface area contributed by atoms with Crippen LogP contribution in [-0.2, 0) is 4.79 Å². The van der Waals surface area contributed by atoms with Crippen molar-refractivity contribution in [2.75, 3.05) is 0 Å². The number of hydrogen-bond donors (Lipinski definition) is 1. The molecule has 1 N–H and O–H groups in total. The van der Waals surface area contributed by atoms with E-state index >= 15 is 0 Å². The van der Waals surface area contributed by atoms with Crippen LogP contribution in [0.1, 0.15) is 5.56 Å². The third-order valence-electron chi connectivity index (χ3n) is 2.87. The zero-order chi connectivity index (χ0) is 15.5. The zero-order valence-electron chi connectivity index (χ0n) is 11.2. The fourth-order valence-corrected chi connectivity index (χ4v) is 3.09. The largest absolute Gasteiger partial charge is 0.300 e. The summed E-state index contributed by atoms with van der Waals surface area (Å²) in [5.74, 6) is -0.184. The Balaban J connectivity index is 1.86. The second-order valence-electron chi connectivity index (χ2n) is 4.49. The van der Waals surface area contributed by atoms with Crippen molar-refractivity contribution >= 4 is 57.8 Å². The molecule has 1 heterocycles. The minimum absolute atomic E-state index is 0.184. The van der Waals surface area contributed by atoms with Crippen LogP contribution < -0.4 is 5.32 Å². The van der Waals surface area contributed by atoms with Gasteiger partial charge in [-0.3, -0.25) is 4.79 Å². The summed E-state index contributed by atoms with van der Waals surface area (Å²) in [5.41, 5.74) is 1.49. The van der Waals surface area contributed by atoms with Gasteiger partial charge in [-0.15, -0.1) is 0 Å². The van der Waals surface area contributed by atoms with Gasteiger partial charge >= 0.3 is 0 Å². The second kappa shape index (κ2) is 6.57. The third-order valence-corrected chi connectivity index (χ3v) is 4.34. The predicted molar refractivity (Wildman–Crippen MR) is 93.7 cm³/mol. The molecule has 2 aromatic rings. The minimum Gasteiger partial charge on any atom is -0.300 e. The van der Waals surface area contributed by atoms with Gasteiger partial charge in [0.05, 0.1) is 15.6 Å². The molecule has 3 rings (SSSR count). The molecule has 0 atom stereocenters. The smallest absolute Gasteiger partial charge is 0.264 e. The van der Waals surface area contributed by atoms with Crippen LogP contribution in [0.25, 0.3) is 6.08 Å². The van der Waals surface area contributed by atoms with E-state index < -0.39 is 0 Å². The highest BCUT2D eigenvalue weighted by Gasteiger charge is 2.23. The van der Waals surface area contributed by atoms with Gasteiger partial charge in [-0.25, -0.2) is 4.99 Å². The summed E-state index contributed by atoms with van der Waals surface area (Å²) < 4.78 is 0. The molecule has 3 nitrogen and oxygen atoms in total. The highest BCUT2D eigenvalue weighted by Crippen LogP contribution is 2.30. The molecule has 0 unspecified atom stereocenters. The number of thioether (sulfide) groups is 1. The number of amides is 1. The lowest BCUT2D eigenvalue weighted by atomic mass is 10.2. The summed E-state index contributed by atoms with van der Waals surface area (Å²) in [6.07, 6.45) is 1.78. The van der Waals surface area contributed by atoms with Gasteiger partial charge < -0.3 is 5.32 Å². The number of halogens is 2. The van der Waals surface area contributed by atoms with Gasteiger partial charge in [0.1, 0.15) is 0 Å². The van der Waals surface area contributed by atoms with E-state index in [4.69, 9.17) is 23.2 Å². The first-order valence-electron chi connectivity index (χ1n) is 6.41. The maximum Gasteiger partial charge on any atom is 0.264 e. The molecule has 1 amide bonds. The quantitative estimate of drug-likeness (QED) is 0.785. The molecule has 1 saturated heterocycles. The van der Waals surface area contributed by atoms with Crippen LogP contribution in [0.4, 0.5) is 5.69 Å². The van der Waals surface area contributed by atoms with Crippen molar-refractivity contribution in [1.82, 2.24) is 5.32 Å². The lowest BCUT2D eigenvalue weighted by Crippen LogP contribution is -2.19. The van der Waals surface area contributed by atoms with E-state index in [-0.39, 0.29) is 5.91 Å². The van der Waals surface area contributed by atoms with Crippen molar-refractivity contribution in [3.05, 3.63) is 69.0 Å². The van der Waals surface area contributed by atoms with Crippen molar-refractivity contribution in [1.29, 1.82) is 0 Å². The third kappa shape index (κ3) is 3.53. The Morgan fingerprint density at radius 2 is 1.91 bits per heavy atom. The lowest BCUT2D eigenvalue weighted by Gasteiger charge is -1.98. The van der Waals surface area contributed by atoms with Gasteiger partial charge in [-0.05, 0) is 47.7 Å². The van der Waals surface area contributed by atoms with Gasteiger partial charge in [-0.2, -0.15) is 0 Å². The highest BCUT2D eigenvalue weighted by atomic mass is 35.5. The molecule has 110 valence electrons. The number of nitrogens with zero attached hydrogens (tertiary/aromatic N) is 1. The average Bonchev–Trinajstić information content (AvgIpc) is 2.81. The Labute approximate surface area is 142 Å². The number of rotatable bonds is 2. The molecule has 2 aromatic carbocycles. The van der Waals surface area contributed by atoms with E-state index in [0.29, 0.717) is 25.8 Å². The Hall–Kier alpha value is -1.75. The molecule has 0 aromatic heterocycles. The monoisotopic (exact) mass is 348 g/mol. The molecule has 0 saturated carbocycles. The lowest BCUT2D eigenvalue weighted by molar-refractivity contribution is -0.115. The van der Waals surface area contributed by atoms with E-state index in [9.17, 15) is 4.79 Å². The van der Waals surface area contributed by atoms with Crippen molar-refractivity contribution in [3.63, 3.8) is 0 Å². The number of nitrogens with one attached hydrogen (secondary N) is 1. The molecule has 1 aliphatic heterocycles. The summed E-state index contributed by atoms with van der Waals surface area (Å²) in [5, 5.41) is 4.40. The number of benzene rings is 2. The van der Waals surface area contributed by atoms with E-state index in [2.05, 4.69) is 10.3 Å². The number of carbonyl (C=O) groups is 1. The molecule has 22 heavy (non-hydrogen) atoms. The van der Waals surface area contributed by atoms with Crippen LogP contribution in [0.5, 0.6) is 0 Å². The normalized spacial score (nSPS) is 18.0. The van der Waals surface area contributed by atoms with Gasteiger partial charge in [0.2, 0.25) is 0 Å². The number of hydrogen-bond acceptors (Lipinski definition) is 3. The van der Waals surface area contributed by atoms with Crippen molar-refractivity contribution in [3.8, 4) is 0 Å². The SMILES string of the molecule is O=C1NC(=Nc2ccccc2Cl)S/C1=C\c1cccc(Cl)c1. The maximum atomic E-state index is 12.0. The van der Waals surface area contributed by atoms with Crippen LogP contribution in [0.2, 0.25) is 10.0 Å². The van der Waals surface area contributed by atoms with Crippen molar-refractivity contribution in [2.24, 2.45) is 4.99 Å². The van der Waals surface area contributed by atoms with Crippen LogP contribution in [-0.4, -0.2) is 11.1 Å². The fraction of sp³-hybridized carbons (Fsp3) is 0. The first-order chi connectivity index (χ1) is 10.6. The van der Waals surface area contributed by atoms with E-state index in [1.165, 1.54) is 11.8 Å². The number of amidine groups is 1. The first kappa shape index (κ1) is 15.2. The Kier molecular flexibility index (Phi) is 4.52. The maximum absolute atomic E-state index is 12.0. The fourth-order valence-electron chi connectivity index (χ4n) is 1.88. The standard InChI is InChI=1S/C16H10Cl2N2OS/c17-11-5-3-4-10(8-11)9-14-15(21)20-16(22-14)19-13-7-2-1-6-12(13)18/h1-9H,(H,19,20,21)/b14-9-. The van der Waals surface area contributed by atoms with Gasteiger partial charge in [0, 0.05) is 5.02 Å². The van der Waals surface area contributed by atoms with E-state index in [0.717, 1.165) is 5.56 Å². The van der Waals surface area contributed by atoms with Crippen molar-refractivity contribution < 1.29 is 4.79 Å². The predicted octanol–water partition coefficient (Wildman–Crippen LogP) is 4.89. The van der Waals surface area contributed by atoms with Crippen LogP contribution in [0, 0.1) is 0 Å². The molecule has 1 aliphatic rings. The number of carbonyl (C=O) groups excluding carboxylic acids is 1. The number of para-hydroxylation sites is 1. The molecule has 0 spiro atoms. The molecule has 6 heteroatoms.